The predicted molar refractivity (Wildman–Crippen MR) is 60.8 cm³/mol. The van der Waals surface area contributed by atoms with E-state index in [4.69, 9.17) is 9.84 Å². The van der Waals surface area contributed by atoms with Crippen molar-refractivity contribution in [2.24, 2.45) is 5.41 Å². The third-order valence-electron chi connectivity index (χ3n) is 2.07. The van der Waals surface area contributed by atoms with E-state index in [0.29, 0.717) is 12.4 Å². The molecule has 0 spiro atoms. The first-order valence-corrected chi connectivity index (χ1v) is 5.21. The van der Waals surface area contributed by atoms with Gasteiger partial charge in [-0.3, -0.25) is 0 Å². The van der Waals surface area contributed by atoms with E-state index < -0.39 is 5.97 Å². The Morgan fingerprint density at radius 3 is 2.75 bits per heavy atom. The van der Waals surface area contributed by atoms with Gasteiger partial charge in [0, 0.05) is 12.3 Å². The van der Waals surface area contributed by atoms with E-state index >= 15 is 0 Å². The van der Waals surface area contributed by atoms with E-state index in [1.807, 2.05) is 0 Å². The van der Waals surface area contributed by atoms with Crippen molar-refractivity contribution in [2.45, 2.75) is 27.2 Å². The van der Waals surface area contributed by atoms with Crippen LogP contribution < -0.4 is 4.74 Å². The first kappa shape index (κ1) is 12.5. The summed E-state index contributed by atoms with van der Waals surface area (Å²) >= 11 is 0. The van der Waals surface area contributed by atoms with Gasteiger partial charge in [-0.15, -0.1) is 0 Å². The first-order valence-electron chi connectivity index (χ1n) is 5.21. The maximum Gasteiger partial charge on any atom is 0.354 e. The van der Waals surface area contributed by atoms with E-state index in [1.165, 1.54) is 12.3 Å². The lowest BCUT2D eigenvalue weighted by Crippen LogP contribution is -2.11. The summed E-state index contributed by atoms with van der Waals surface area (Å²) in [5.74, 6) is -0.488. The van der Waals surface area contributed by atoms with Crippen LogP contribution in [0, 0.1) is 5.41 Å². The van der Waals surface area contributed by atoms with Crippen LogP contribution in [0.5, 0.6) is 5.75 Å². The number of aromatic nitrogens is 1. The van der Waals surface area contributed by atoms with Gasteiger partial charge in [0.05, 0.1) is 6.61 Å². The summed E-state index contributed by atoms with van der Waals surface area (Å²) in [7, 11) is 0. The Hall–Kier alpha value is -1.58. The molecule has 0 radical (unpaired) electrons. The Morgan fingerprint density at radius 1 is 1.50 bits per heavy atom. The zero-order valence-electron chi connectivity index (χ0n) is 9.86. The molecule has 0 aliphatic heterocycles. The molecule has 88 valence electrons. The van der Waals surface area contributed by atoms with E-state index in [0.717, 1.165) is 6.42 Å². The van der Waals surface area contributed by atoms with Gasteiger partial charge >= 0.3 is 5.97 Å². The predicted octanol–water partition coefficient (Wildman–Crippen LogP) is 2.59. The molecule has 0 fully saturated rings. The molecule has 1 N–H and O–H groups in total. The van der Waals surface area contributed by atoms with Crippen molar-refractivity contribution >= 4 is 5.97 Å². The lowest BCUT2D eigenvalue weighted by atomic mass is 9.93. The summed E-state index contributed by atoms with van der Waals surface area (Å²) in [4.78, 5) is 14.4. The number of ether oxygens (including phenoxy) is 1. The standard InChI is InChI=1S/C12H17NO3/c1-12(2,3)5-7-16-9-4-6-13-10(8-9)11(14)15/h4,6,8H,5,7H2,1-3H3,(H,14,15). The minimum absolute atomic E-state index is 0.00765. The summed E-state index contributed by atoms with van der Waals surface area (Å²) in [6.45, 7) is 6.97. The van der Waals surface area contributed by atoms with E-state index in [9.17, 15) is 4.79 Å². The van der Waals surface area contributed by atoms with Gasteiger partial charge < -0.3 is 9.84 Å². The molecule has 0 unspecified atom stereocenters. The molecule has 0 saturated carbocycles. The van der Waals surface area contributed by atoms with E-state index in [1.54, 1.807) is 6.07 Å². The van der Waals surface area contributed by atoms with Crippen molar-refractivity contribution in [3.8, 4) is 5.75 Å². The number of hydrogen-bond donors (Lipinski definition) is 1. The molecule has 1 heterocycles. The largest absolute Gasteiger partial charge is 0.493 e. The molecule has 16 heavy (non-hydrogen) atoms. The van der Waals surface area contributed by atoms with Crippen LogP contribution in [0.3, 0.4) is 0 Å². The Labute approximate surface area is 95.3 Å². The fourth-order valence-corrected chi connectivity index (χ4v) is 1.09. The van der Waals surface area contributed by atoms with Gasteiger partial charge in [-0.25, -0.2) is 9.78 Å². The average molecular weight is 223 g/mol. The Balaban J connectivity index is 2.55. The van der Waals surface area contributed by atoms with Crippen molar-refractivity contribution in [1.29, 1.82) is 0 Å². The number of carboxylic acid groups (broad SMARTS) is 1. The second kappa shape index (κ2) is 4.96. The van der Waals surface area contributed by atoms with Crippen molar-refractivity contribution < 1.29 is 14.6 Å². The maximum absolute atomic E-state index is 10.7. The van der Waals surface area contributed by atoms with Crippen LogP contribution in [0.2, 0.25) is 0 Å². The smallest absolute Gasteiger partial charge is 0.354 e. The molecule has 1 rings (SSSR count). The molecular formula is C12H17NO3. The number of pyridine rings is 1. The fourth-order valence-electron chi connectivity index (χ4n) is 1.09. The molecule has 0 aliphatic carbocycles. The van der Waals surface area contributed by atoms with Crippen molar-refractivity contribution in [1.82, 2.24) is 4.98 Å². The highest BCUT2D eigenvalue weighted by atomic mass is 16.5. The fraction of sp³-hybridized carbons (Fsp3) is 0.500. The normalized spacial score (nSPS) is 11.2. The van der Waals surface area contributed by atoms with E-state index in [-0.39, 0.29) is 11.1 Å². The molecular weight excluding hydrogens is 206 g/mol. The van der Waals surface area contributed by atoms with Crippen LogP contribution in [0.1, 0.15) is 37.7 Å². The molecule has 1 aromatic rings. The molecule has 0 saturated heterocycles. The number of carbonyl (C=O) groups is 1. The quantitative estimate of drug-likeness (QED) is 0.852. The maximum atomic E-state index is 10.7. The third kappa shape index (κ3) is 4.29. The van der Waals surface area contributed by atoms with Crippen molar-refractivity contribution in [3.63, 3.8) is 0 Å². The van der Waals surface area contributed by atoms with Crippen molar-refractivity contribution in [3.05, 3.63) is 24.0 Å². The highest BCUT2D eigenvalue weighted by Crippen LogP contribution is 2.19. The molecule has 4 nitrogen and oxygen atoms in total. The van der Waals surface area contributed by atoms with Gasteiger partial charge in [0.15, 0.2) is 5.69 Å². The molecule has 0 bridgehead atoms. The lowest BCUT2D eigenvalue weighted by molar-refractivity contribution is 0.0689. The monoisotopic (exact) mass is 223 g/mol. The summed E-state index contributed by atoms with van der Waals surface area (Å²) < 4.78 is 5.47. The third-order valence-corrected chi connectivity index (χ3v) is 2.07. The zero-order valence-corrected chi connectivity index (χ0v) is 9.86. The number of nitrogens with zero attached hydrogens (tertiary/aromatic N) is 1. The van der Waals surface area contributed by atoms with Gasteiger partial charge in [0.2, 0.25) is 0 Å². The summed E-state index contributed by atoms with van der Waals surface area (Å²) in [6, 6.07) is 3.10. The van der Waals surface area contributed by atoms with Crippen LogP contribution in [-0.2, 0) is 0 Å². The lowest BCUT2D eigenvalue weighted by Gasteiger charge is -2.18. The van der Waals surface area contributed by atoms with Crippen molar-refractivity contribution in [2.75, 3.05) is 6.61 Å². The summed E-state index contributed by atoms with van der Waals surface area (Å²) in [5, 5.41) is 8.75. The molecule has 0 amide bonds. The Bertz CT molecular complexity index is 369. The van der Waals surface area contributed by atoms with Crippen LogP contribution in [0.4, 0.5) is 0 Å². The molecule has 1 aromatic heterocycles. The average Bonchev–Trinajstić information content (AvgIpc) is 2.16. The van der Waals surface area contributed by atoms with Crippen LogP contribution in [-0.4, -0.2) is 22.7 Å². The molecule has 0 atom stereocenters. The number of rotatable bonds is 4. The second-order valence-electron chi connectivity index (χ2n) is 4.84. The van der Waals surface area contributed by atoms with Crippen LogP contribution in [0.15, 0.2) is 18.3 Å². The number of carboxylic acids is 1. The Kier molecular flexibility index (Phi) is 3.88. The first-order chi connectivity index (χ1) is 7.38. The second-order valence-corrected chi connectivity index (χ2v) is 4.84. The number of aromatic carboxylic acids is 1. The Morgan fingerprint density at radius 2 is 2.19 bits per heavy atom. The van der Waals surface area contributed by atoms with Gasteiger partial charge in [-0.1, -0.05) is 20.8 Å². The minimum atomic E-state index is -1.04. The highest BCUT2D eigenvalue weighted by Gasteiger charge is 2.10. The van der Waals surface area contributed by atoms with Gasteiger partial charge in [0.25, 0.3) is 0 Å². The van der Waals surface area contributed by atoms with Gasteiger partial charge in [0.1, 0.15) is 5.75 Å². The molecule has 0 aromatic carbocycles. The highest BCUT2D eigenvalue weighted by molar-refractivity contribution is 5.85. The summed E-state index contributed by atoms with van der Waals surface area (Å²) in [6.07, 6.45) is 2.35. The molecule has 0 aliphatic rings. The van der Waals surface area contributed by atoms with Gasteiger partial charge in [-0.2, -0.15) is 0 Å². The minimum Gasteiger partial charge on any atom is -0.493 e. The van der Waals surface area contributed by atoms with Crippen LogP contribution >= 0.6 is 0 Å². The summed E-state index contributed by atoms with van der Waals surface area (Å²) in [5.41, 5.74) is 0.219. The van der Waals surface area contributed by atoms with Gasteiger partial charge in [-0.05, 0) is 17.9 Å². The van der Waals surface area contributed by atoms with Crippen LogP contribution in [0.25, 0.3) is 0 Å². The SMILES string of the molecule is CC(C)(C)CCOc1ccnc(C(=O)O)c1. The molecule has 4 heteroatoms. The van der Waals surface area contributed by atoms with E-state index in [2.05, 4.69) is 25.8 Å². The topological polar surface area (TPSA) is 59.4 Å². The number of hydrogen-bond acceptors (Lipinski definition) is 3. The zero-order chi connectivity index (χ0) is 12.2.